The molecule has 0 spiro atoms. The van der Waals surface area contributed by atoms with Crippen LogP contribution in [0.4, 0.5) is 26.2 Å². The van der Waals surface area contributed by atoms with Crippen molar-refractivity contribution in [2.75, 3.05) is 54.8 Å². The summed E-state index contributed by atoms with van der Waals surface area (Å²) in [6.45, 7) is 4.47. The summed E-state index contributed by atoms with van der Waals surface area (Å²) in [5.74, 6) is -0.507. The van der Waals surface area contributed by atoms with E-state index in [2.05, 4.69) is 5.32 Å². The maximum atomic E-state index is 15.0. The van der Waals surface area contributed by atoms with Crippen molar-refractivity contribution in [3.8, 4) is 0 Å². The molecular weight excluding hydrogens is 469 g/mol. The highest BCUT2D eigenvalue weighted by molar-refractivity contribution is 7.80. The molecule has 184 valence electrons. The van der Waals surface area contributed by atoms with Gasteiger partial charge in [0.1, 0.15) is 11.9 Å². The maximum Gasteiger partial charge on any atom is 0.414 e. The quantitative estimate of drug-likeness (QED) is 0.360. The van der Waals surface area contributed by atoms with E-state index in [0.29, 0.717) is 61.3 Å². The van der Waals surface area contributed by atoms with Gasteiger partial charge in [-0.05, 0) is 48.9 Å². The molecule has 10 heteroatoms. The maximum absolute atomic E-state index is 15.0. The van der Waals surface area contributed by atoms with Gasteiger partial charge in [-0.2, -0.15) is 0 Å². The molecule has 3 N–H and O–H groups in total. The molecule has 4 rings (SSSR count). The summed E-state index contributed by atoms with van der Waals surface area (Å²) in [6, 6.07) is 12.0. The van der Waals surface area contributed by atoms with Gasteiger partial charge >= 0.3 is 6.09 Å². The number of cyclic esters (lactones) is 1. The van der Waals surface area contributed by atoms with E-state index in [1.54, 1.807) is 48.2 Å². The number of thiocarbonyl (C=S) groups is 1. The van der Waals surface area contributed by atoms with Gasteiger partial charge in [0.2, 0.25) is 5.91 Å². The Balaban J connectivity index is 1.33. The van der Waals surface area contributed by atoms with Crippen molar-refractivity contribution in [1.82, 2.24) is 10.2 Å². The van der Waals surface area contributed by atoms with Gasteiger partial charge in [-0.25, -0.2) is 9.18 Å². The lowest BCUT2D eigenvalue weighted by Crippen LogP contribution is -2.48. The van der Waals surface area contributed by atoms with Gasteiger partial charge in [-0.15, -0.1) is 0 Å². The van der Waals surface area contributed by atoms with Crippen molar-refractivity contribution < 1.29 is 18.7 Å². The standard InChI is InChI=1S/C25H28FN5O3S/c1-17(35)28-15-21-16-31(25(33)34-21)20-7-8-23(22(26)14-20)29-10-12-30(13-11-29)24(32)9-4-18-2-5-19(27)6-3-18/h2-9,14,21H,10-13,15-16,27H2,1H3,(H,28,35)/b9-4+/t21-/m0/s1. The minimum atomic E-state index is -0.509. The molecule has 2 amide bonds. The van der Waals surface area contributed by atoms with Crippen molar-refractivity contribution in [3.05, 3.63) is 59.9 Å². The average molecular weight is 498 g/mol. The molecule has 0 aliphatic carbocycles. The molecule has 0 saturated carbocycles. The molecule has 2 aromatic rings. The van der Waals surface area contributed by atoms with E-state index in [0.717, 1.165) is 5.56 Å². The molecule has 0 bridgehead atoms. The number of carbonyl (C=O) groups is 2. The van der Waals surface area contributed by atoms with Crippen LogP contribution >= 0.6 is 12.2 Å². The Morgan fingerprint density at radius 1 is 1.20 bits per heavy atom. The molecule has 2 aliphatic heterocycles. The number of piperazine rings is 1. The Bertz CT molecular complexity index is 1130. The second-order valence-corrected chi connectivity index (χ2v) is 9.11. The number of nitrogens with one attached hydrogen (secondary N) is 1. The molecule has 0 unspecified atom stereocenters. The van der Waals surface area contributed by atoms with Gasteiger partial charge in [-0.1, -0.05) is 24.4 Å². The third kappa shape index (κ3) is 6.07. The molecule has 1 atom stereocenters. The number of nitrogens with two attached hydrogens (primary N) is 1. The van der Waals surface area contributed by atoms with Crippen LogP contribution in [0.15, 0.2) is 48.5 Å². The summed E-state index contributed by atoms with van der Waals surface area (Å²) in [5, 5.41) is 2.98. The lowest BCUT2D eigenvalue weighted by Gasteiger charge is -2.36. The highest BCUT2D eigenvalue weighted by Crippen LogP contribution is 2.28. The predicted molar refractivity (Wildman–Crippen MR) is 139 cm³/mol. The van der Waals surface area contributed by atoms with Gasteiger partial charge in [0.05, 0.1) is 29.5 Å². The van der Waals surface area contributed by atoms with Gasteiger partial charge in [0.15, 0.2) is 0 Å². The van der Waals surface area contributed by atoms with Crippen molar-refractivity contribution in [3.63, 3.8) is 0 Å². The number of halogens is 1. The van der Waals surface area contributed by atoms with Gasteiger partial charge < -0.3 is 25.6 Å². The first-order valence-electron chi connectivity index (χ1n) is 11.4. The minimum absolute atomic E-state index is 0.0854. The van der Waals surface area contributed by atoms with Gasteiger partial charge in [-0.3, -0.25) is 9.69 Å². The van der Waals surface area contributed by atoms with Crippen LogP contribution in [0.25, 0.3) is 6.08 Å². The van der Waals surface area contributed by atoms with E-state index >= 15 is 4.39 Å². The molecule has 0 aromatic heterocycles. The normalized spacial score (nSPS) is 18.2. The highest BCUT2D eigenvalue weighted by atomic mass is 32.1. The van der Waals surface area contributed by atoms with Crippen LogP contribution in [0.3, 0.4) is 0 Å². The lowest BCUT2D eigenvalue weighted by molar-refractivity contribution is -0.126. The molecule has 0 radical (unpaired) electrons. The molecule has 2 saturated heterocycles. The number of ether oxygens (including phenoxy) is 1. The topological polar surface area (TPSA) is 91.1 Å². The van der Waals surface area contributed by atoms with Crippen LogP contribution in [-0.2, 0) is 9.53 Å². The largest absolute Gasteiger partial charge is 0.442 e. The van der Waals surface area contributed by atoms with Crippen LogP contribution in [0, 0.1) is 5.82 Å². The molecule has 2 heterocycles. The summed E-state index contributed by atoms with van der Waals surface area (Å²) in [7, 11) is 0. The second kappa shape index (κ2) is 10.7. The molecule has 35 heavy (non-hydrogen) atoms. The van der Waals surface area contributed by atoms with E-state index < -0.39 is 11.9 Å². The number of nitrogens with zero attached hydrogens (tertiary/aromatic N) is 3. The molecule has 2 fully saturated rings. The van der Waals surface area contributed by atoms with Crippen LogP contribution < -0.4 is 20.9 Å². The Morgan fingerprint density at radius 2 is 1.91 bits per heavy atom. The zero-order chi connectivity index (χ0) is 24.9. The van der Waals surface area contributed by atoms with E-state index in [9.17, 15) is 9.59 Å². The van der Waals surface area contributed by atoms with E-state index in [-0.39, 0.29) is 12.0 Å². The monoisotopic (exact) mass is 497 g/mol. The zero-order valence-corrected chi connectivity index (χ0v) is 20.3. The smallest absolute Gasteiger partial charge is 0.414 e. The molecule has 2 aromatic carbocycles. The zero-order valence-electron chi connectivity index (χ0n) is 19.4. The average Bonchev–Trinajstić information content (AvgIpc) is 3.22. The van der Waals surface area contributed by atoms with E-state index in [4.69, 9.17) is 22.7 Å². The summed E-state index contributed by atoms with van der Waals surface area (Å²) < 4.78 is 20.3. The first kappa shape index (κ1) is 24.5. The third-order valence-corrected chi connectivity index (χ3v) is 6.13. The summed E-state index contributed by atoms with van der Waals surface area (Å²) in [5.41, 5.74) is 8.14. The van der Waals surface area contributed by atoms with Crippen molar-refractivity contribution in [2.24, 2.45) is 0 Å². The SMILES string of the molecule is CC(=S)NC[C@H]1CN(c2ccc(N3CCN(C(=O)/C=C/c4ccc(N)cc4)CC3)c(F)c2)C(=O)O1. The summed E-state index contributed by atoms with van der Waals surface area (Å²) in [6.07, 6.45) is 2.43. The van der Waals surface area contributed by atoms with E-state index in [1.807, 2.05) is 17.0 Å². The Kier molecular flexibility index (Phi) is 7.50. The van der Waals surface area contributed by atoms with Gasteiger partial charge in [0.25, 0.3) is 0 Å². The second-order valence-electron chi connectivity index (χ2n) is 8.50. The number of hydrogen-bond donors (Lipinski definition) is 2. The van der Waals surface area contributed by atoms with Gasteiger partial charge in [0, 0.05) is 37.9 Å². The Morgan fingerprint density at radius 3 is 2.57 bits per heavy atom. The fourth-order valence-corrected chi connectivity index (χ4v) is 4.15. The number of carbonyl (C=O) groups excluding carboxylic acids is 2. The number of rotatable bonds is 6. The summed E-state index contributed by atoms with van der Waals surface area (Å²) >= 11 is 4.99. The van der Waals surface area contributed by atoms with Crippen molar-refractivity contribution in [1.29, 1.82) is 0 Å². The first-order valence-corrected chi connectivity index (χ1v) is 11.8. The number of nitrogen functional groups attached to an aromatic ring is 1. The summed E-state index contributed by atoms with van der Waals surface area (Å²) in [4.78, 5) is 30.5. The minimum Gasteiger partial charge on any atom is -0.442 e. The van der Waals surface area contributed by atoms with Crippen molar-refractivity contribution >= 4 is 52.3 Å². The number of anilines is 3. The van der Waals surface area contributed by atoms with Crippen LogP contribution in [0.2, 0.25) is 0 Å². The fourth-order valence-electron chi connectivity index (χ4n) is 4.06. The predicted octanol–water partition coefficient (Wildman–Crippen LogP) is 3.03. The highest BCUT2D eigenvalue weighted by Gasteiger charge is 2.33. The molecular formula is C25H28FN5O3S. The van der Waals surface area contributed by atoms with Crippen molar-refractivity contribution in [2.45, 2.75) is 13.0 Å². The fraction of sp³-hybridized carbons (Fsp3) is 0.320. The third-order valence-electron chi connectivity index (χ3n) is 5.98. The van der Waals surface area contributed by atoms with E-state index in [1.165, 1.54) is 11.0 Å². The molecule has 2 aliphatic rings. The van der Waals surface area contributed by atoms with Crippen LogP contribution in [0.1, 0.15) is 12.5 Å². The number of hydrogen-bond acceptors (Lipinski definition) is 6. The lowest BCUT2D eigenvalue weighted by atomic mass is 10.2. The first-order chi connectivity index (χ1) is 16.8. The Labute approximate surface area is 209 Å². The van der Waals surface area contributed by atoms with Crippen LogP contribution in [0.5, 0.6) is 0 Å². The Hall–Kier alpha value is -3.66. The van der Waals surface area contributed by atoms with Crippen LogP contribution in [-0.4, -0.2) is 67.3 Å². The molecule has 8 nitrogen and oxygen atoms in total. The number of amides is 2. The number of benzene rings is 2.